The summed E-state index contributed by atoms with van der Waals surface area (Å²) < 4.78 is 41.3. The number of nitrogens with one attached hydrogen (secondary N) is 1. The van der Waals surface area contributed by atoms with Crippen LogP contribution in [0.4, 0.5) is 4.39 Å². The van der Waals surface area contributed by atoms with Gasteiger partial charge in [-0.25, -0.2) is 17.5 Å². The number of aliphatic hydroxyl groups excluding tert-OH is 1. The van der Waals surface area contributed by atoms with Crippen molar-refractivity contribution in [3.05, 3.63) is 30.3 Å². The Morgan fingerprint density at radius 2 is 1.74 bits per heavy atom. The van der Waals surface area contributed by atoms with E-state index < -0.39 is 28.3 Å². The van der Waals surface area contributed by atoms with E-state index in [9.17, 15) is 17.9 Å². The van der Waals surface area contributed by atoms with E-state index in [1.54, 1.807) is 32.0 Å². The summed E-state index contributed by atoms with van der Waals surface area (Å²) in [5, 5.41) is 9.80. The van der Waals surface area contributed by atoms with Crippen molar-refractivity contribution in [2.24, 2.45) is 5.92 Å². The minimum Gasteiger partial charge on any atom is -0.393 e. The van der Waals surface area contributed by atoms with Crippen molar-refractivity contribution in [1.82, 2.24) is 4.72 Å². The van der Waals surface area contributed by atoms with Gasteiger partial charge < -0.3 is 5.11 Å². The molecule has 0 fully saturated rings. The van der Waals surface area contributed by atoms with Gasteiger partial charge in [0, 0.05) is 6.04 Å². The van der Waals surface area contributed by atoms with Crippen molar-refractivity contribution in [3.8, 4) is 0 Å². The first-order valence-electron chi connectivity index (χ1n) is 8.17. The molecule has 0 aliphatic rings. The number of hydrogen-bond donors (Lipinski definition) is 2. The van der Waals surface area contributed by atoms with Crippen LogP contribution in [0.25, 0.3) is 0 Å². The maximum Gasteiger partial charge on any atom is 0.240 e. The quantitative estimate of drug-likeness (QED) is 0.684. The second-order valence-electron chi connectivity index (χ2n) is 6.10. The zero-order valence-electron chi connectivity index (χ0n) is 14.1. The lowest BCUT2D eigenvalue weighted by Gasteiger charge is -2.27. The number of aliphatic hydroxyl groups is 1. The van der Waals surface area contributed by atoms with Gasteiger partial charge in [0.15, 0.2) is 0 Å². The molecule has 0 spiro atoms. The minimum atomic E-state index is -3.68. The van der Waals surface area contributed by atoms with Crippen molar-refractivity contribution in [1.29, 1.82) is 0 Å². The van der Waals surface area contributed by atoms with E-state index in [1.165, 1.54) is 12.1 Å². The predicted octanol–water partition coefficient (Wildman–Crippen LogP) is 3.27. The molecule has 0 aromatic heterocycles. The van der Waals surface area contributed by atoms with Gasteiger partial charge in [-0.05, 0) is 44.2 Å². The fourth-order valence-corrected chi connectivity index (χ4v) is 3.83. The van der Waals surface area contributed by atoms with Crippen LogP contribution in [-0.4, -0.2) is 31.8 Å². The van der Waals surface area contributed by atoms with Crippen LogP contribution < -0.4 is 4.72 Å². The second kappa shape index (κ2) is 9.35. The summed E-state index contributed by atoms with van der Waals surface area (Å²) in [6.45, 7) is 5.31. The number of alkyl halides is 1. The molecule has 4 nitrogen and oxygen atoms in total. The average Bonchev–Trinajstić information content (AvgIpc) is 2.51. The molecule has 6 heteroatoms. The highest BCUT2D eigenvalue weighted by molar-refractivity contribution is 7.89. The molecule has 4 atom stereocenters. The molecule has 0 saturated heterocycles. The van der Waals surface area contributed by atoms with Crippen molar-refractivity contribution >= 4 is 10.0 Å². The molecule has 0 radical (unpaired) electrons. The number of benzene rings is 1. The van der Waals surface area contributed by atoms with Crippen LogP contribution in [0.15, 0.2) is 35.2 Å². The third-order valence-corrected chi connectivity index (χ3v) is 5.65. The van der Waals surface area contributed by atoms with Crippen LogP contribution in [-0.2, 0) is 10.0 Å². The van der Waals surface area contributed by atoms with Crippen LogP contribution >= 0.6 is 0 Å². The molecule has 2 unspecified atom stereocenters. The fraction of sp³-hybridized carbons (Fsp3) is 0.647. The van der Waals surface area contributed by atoms with E-state index in [4.69, 9.17) is 0 Å². The zero-order chi connectivity index (χ0) is 17.5. The molecule has 1 aromatic carbocycles. The van der Waals surface area contributed by atoms with Crippen molar-refractivity contribution in [2.75, 3.05) is 0 Å². The van der Waals surface area contributed by atoms with E-state index in [0.29, 0.717) is 12.8 Å². The van der Waals surface area contributed by atoms with E-state index in [2.05, 4.69) is 4.72 Å². The van der Waals surface area contributed by atoms with Crippen LogP contribution in [0, 0.1) is 5.92 Å². The maximum absolute atomic E-state index is 13.7. The van der Waals surface area contributed by atoms with Crippen LogP contribution in [0.2, 0.25) is 0 Å². The summed E-state index contributed by atoms with van der Waals surface area (Å²) in [6, 6.07) is 7.58. The predicted molar refractivity (Wildman–Crippen MR) is 90.4 cm³/mol. The van der Waals surface area contributed by atoms with Crippen LogP contribution in [0.1, 0.15) is 46.5 Å². The summed E-state index contributed by atoms with van der Waals surface area (Å²) in [5.41, 5.74) is 0. The Labute approximate surface area is 139 Å². The molecule has 0 bridgehead atoms. The van der Waals surface area contributed by atoms with Gasteiger partial charge in [0.25, 0.3) is 0 Å². The lowest BCUT2D eigenvalue weighted by molar-refractivity contribution is 0.110. The SMILES string of the molecule is CCCC(F)CCC(NS(=O)(=O)c1ccccc1)[C@H](C)[C@H](C)O. The van der Waals surface area contributed by atoms with Crippen LogP contribution in [0.5, 0.6) is 0 Å². The van der Waals surface area contributed by atoms with Gasteiger partial charge in [-0.3, -0.25) is 0 Å². The smallest absolute Gasteiger partial charge is 0.240 e. The van der Waals surface area contributed by atoms with Gasteiger partial charge >= 0.3 is 0 Å². The fourth-order valence-electron chi connectivity index (χ4n) is 2.45. The van der Waals surface area contributed by atoms with Gasteiger partial charge in [-0.1, -0.05) is 38.5 Å². The Morgan fingerprint density at radius 1 is 1.13 bits per heavy atom. The monoisotopic (exact) mass is 345 g/mol. The van der Waals surface area contributed by atoms with Crippen molar-refractivity contribution in [3.63, 3.8) is 0 Å². The first kappa shape index (κ1) is 20.1. The normalized spacial score (nSPS) is 17.4. The first-order valence-corrected chi connectivity index (χ1v) is 9.65. The van der Waals surface area contributed by atoms with E-state index >= 15 is 0 Å². The van der Waals surface area contributed by atoms with Gasteiger partial charge in [0.1, 0.15) is 6.17 Å². The molecule has 1 aromatic rings. The van der Waals surface area contributed by atoms with E-state index in [1.807, 2.05) is 6.92 Å². The molecule has 0 aliphatic heterocycles. The second-order valence-corrected chi connectivity index (χ2v) is 7.82. The summed E-state index contributed by atoms with van der Waals surface area (Å²) in [7, 11) is -3.68. The summed E-state index contributed by atoms with van der Waals surface area (Å²) in [4.78, 5) is 0.174. The molecular weight excluding hydrogens is 317 g/mol. The van der Waals surface area contributed by atoms with Crippen molar-refractivity contribution in [2.45, 2.75) is 69.7 Å². The minimum absolute atomic E-state index is 0.174. The van der Waals surface area contributed by atoms with E-state index in [-0.39, 0.29) is 17.2 Å². The zero-order valence-corrected chi connectivity index (χ0v) is 14.9. The molecule has 2 N–H and O–H groups in total. The molecular formula is C17H28FNO3S. The Morgan fingerprint density at radius 3 is 2.26 bits per heavy atom. The number of hydrogen-bond acceptors (Lipinski definition) is 3. The first-order chi connectivity index (χ1) is 10.8. The molecule has 23 heavy (non-hydrogen) atoms. The summed E-state index contributed by atoms with van der Waals surface area (Å²) in [6.07, 6.45) is 0.258. The number of rotatable bonds is 10. The molecule has 0 heterocycles. The van der Waals surface area contributed by atoms with Gasteiger partial charge in [0.05, 0.1) is 11.0 Å². The lowest BCUT2D eigenvalue weighted by atomic mass is 9.92. The third-order valence-electron chi connectivity index (χ3n) is 4.15. The van der Waals surface area contributed by atoms with Gasteiger partial charge in [-0.15, -0.1) is 0 Å². The van der Waals surface area contributed by atoms with Gasteiger partial charge in [0.2, 0.25) is 10.0 Å². The molecule has 0 saturated carbocycles. The number of sulfonamides is 1. The lowest BCUT2D eigenvalue weighted by Crippen LogP contribution is -2.43. The number of halogens is 1. The highest BCUT2D eigenvalue weighted by atomic mass is 32.2. The largest absolute Gasteiger partial charge is 0.393 e. The summed E-state index contributed by atoms with van der Waals surface area (Å²) in [5.74, 6) is -0.303. The Balaban J connectivity index is 2.84. The Bertz CT molecular complexity index is 548. The highest BCUT2D eigenvalue weighted by Crippen LogP contribution is 2.20. The molecule has 0 aliphatic carbocycles. The summed E-state index contributed by atoms with van der Waals surface area (Å²) >= 11 is 0. The average molecular weight is 345 g/mol. The van der Waals surface area contributed by atoms with E-state index in [0.717, 1.165) is 6.42 Å². The third kappa shape index (κ3) is 6.57. The standard InChI is InChI=1S/C17H28FNO3S/c1-4-8-15(18)11-12-17(13(2)14(3)20)19-23(21,22)16-9-6-5-7-10-16/h5-7,9-10,13-15,17,19-20H,4,8,11-12H2,1-3H3/t13-,14+,15?,17?/m1/s1. The molecule has 1 rings (SSSR count). The van der Waals surface area contributed by atoms with Crippen molar-refractivity contribution < 1.29 is 17.9 Å². The maximum atomic E-state index is 13.7. The molecule has 0 amide bonds. The van der Waals surface area contributed by atoms with Crippen LogP contribution in [0.3, 0.4) is 0 Å². The molecule has 132 valence electrons. The Kier molecular flexibility index (Phi) is 8.16. The van der Waals surface area contributed by atoms with Gasteiger partial charge in [-0.2, -0.15) is 0 Å². The highest BCUT2D eigenvalue weighted by Gasteiger charge is 2.27. The Hall–Kier alpha value is -0.980. The topological polar surface area (TPSA) is 66.4 Å².